The zero-order valence-electron chi connectivity index (χ0n) is 22.2. The Bertz CT molecular complexity index is 1620. The van der Waals surface area contributed by atoms with E-state index in [1.165, 1.54) is 31.8 Å². The van der Waals surface area contributed by atoms with Gasteiger partial charge in [-0.3, -0.25) is 9.59 Å². The summed E-state index contributed by atoms with van der Waals surface area (Å²) in [5.41, 5.74) is 0.000590. The van der Waals surface area contributed by atoms with E-state index in [4.69, 9.17) is 16.9 Å². The van der Waals surface area contributed by atoms with E-state index in [1.54, 1.807) is 6.92 Å². The number of thiazole rings is 1. The van der Waals surface area contributed by atoms with Gasteiger partial charge in [-0.15, -0.1) is 11.3 Å². The van der Waals surface area contributed by atoms with Crippen LogP contribution in [0.1, 0.15) is 62.7 Å². The Balaban J connectivity index is 1.32. The number of rotatable bonds is 12. The molecule has 4 heterocycles. The fraction of sp³-hybridized carbons (Fsp3) is 0.280. The second-order valence-corrected chi connectivity index (χ2v) is 10.2. The SMILES string of the molecule is CCC(F)(F)c1cc(NC(=O)c2cnc(C(C)NC(=O)c3cc(NCCNc4nc[nH]c4C#N)ncn3)s2)ncc1Cl. The van der Waals surface area contributed by atoms with E-state index in [9.17, 15) is 18.4 Å². The number of hydrogen-bond donors (Lipinski definition) is 5. The monoisotopic (exact) mass is 615 g/mol. The van der Waals surface area contributed by atoms with Crippen molar-refractivity contribution in [1.29, 1.82) is 5.26 Å². The first kappa shape index (κ1) is 30.2. The largest absolute Gasteiger partial charge is 0.368 e. The smallest absolute Gasteiger partial charge is 0.274 e. The minimum atomic E-state index is -3.17. The normalized spacial score (nSPS) is 11.8. The lowest BCUT2D eigenvalue weighted by atomic mass is 10.1. The van der Waals surface area contributed by atoms with E-state index in [0.29, 0.717) is 35.4 Å². The minimum Gasteiger partial charge on any atom is -0.368 e. The number of carbonyl (C=O) groups excluding carboxylic acids is 2. The van der Waals surface area contributed by atoms with Crippen LogP contribution in [-0.2, 0) is 5.92 Å². The number of pyridine rings is 1. The molecule has 0 aliphatic rings. The van der Waals surface area contributed by atoms with Crippen molar-refractivity contribution in [2.75, 3.05) is 29.0 Å². The molecule has 4 aromatic heterocycles. The lowest BCUT2D eigenvalue weighted by Crippen LogP contribution is -2.27. The molecule has 0 aliphatic heterocycles. The number of amides is 2. The van der Waals surface area contributed by atoms with Crippen LogP contribution in [0, 0.1) is 11.3 Å². The first-order valence-corrected chi connectivity index (χ1v) is 13.7. The number of nitriles is 1. The lowest BCUT2D eigenvalue weighted by Gasteiger charge is -2.16. The molecule has 42 heavy (non-hydrogen) atoms. The molecule has 13 nitrogen and oxygen atoms in total. The van der Waals surface area contributed by atoms with Crippen molar-refractivity contribution in [3.8, 4) is 6.07 Å². The van der Waals surface area contributed by atoms with Crippen LogP contribution in [0.15, 0.2) is 37.2 Å². The maximum absolute atomic E-state index is 14.2. The molecular formula is C25H24ClF2N11O2S. The number of imidazole rings is 1. The Morgan fingerprint density at radius 1 is 1.10 bits per heavy atom. The molecule has 0 aromatic carbocycles. The molecule has 0 fully saturated rings. The molecule has 4 rings (SSSR count). The molecule has 0 spiro atoms. The zero-order valence-corrected chi connectivity index (χ0v) is 23.8. The number of aromatic amines is 1. The molecule has 17 heteroatoms. The predicted molar refractivity (Wildman–Crippen MR) is 152 cm³/mol. The van der Waals surface area contributed by atoms with Gasteiger partial charge in [-0.2, -0.15) is 5.26 Å². The second kappa shape index (κ2) is 13.3. The third-order valence-electron chi connectivity index (χ3n) is 5.77. The van der Waals surface area contributed by atoms with Crippen molar-refractivity contribution in [3.05, 3.63) is 69.0 Å². The summed E-state index contributed by atoms with van der Waals surface area (Å²) in [7, 11) is 0. The Labute approximate surface area is 247 Å². The molecule has 1 unspecified atom stereocenters. The van der Waals surface area contributed by atoms with Gasteiger partial charge in [0.1, 0.15) is 39.6 Å². The summed E-state index contributed by atoms with van der Waals surface area (Å²) >= 11 is 6.90. The maximum Gasteiger partial charge on any atom is 0.274 e. The molecule has 218 valence electrons. The molecule has 0 saturated carbocycles. The van der Waals surface area contributed by atoms with E-state index < -0.39 is 35.8 Å². The topological polar surface area (TPSA) is 186 Å². The van der Waals surface area contributed by atoms with E-state index in [1.807, 2.05) is 6.07 Å². The van der Waals surface area contributed by atoms with E-state index in [2.05, 4.69) is 51.2 Å². The van der Waals surface area contributed by atoms with Crippen molar-refractivity contribution in [1.82, 2.24) is 35.2 Å². The van der Waals surface area contributed by atoms with Crippen molar-refractivity contribution < 1.29 is 18.4 Å². The summed E-state index contributed by atoms with van der Waals surface area (Å²) in [6.45, 7) is 3.87. The van der Waals surface area contributed by atoms with Crippen LogP contribution in [0.25, 0.3) is 0 Å². The van der Waals surface area contributed by atoms with E-state index in [-0.39, 0.29) is 21.4 Å². The molecule has 2 amide bonds. The van der Waals surface area contributed by atoms with Gasteiger partial charge in [0.2, 0.25) is 0 Å². The summed E-state index contributed by atoms with van der Waals surface area (Å²) in [5.74, 6) is -3.50. The number of anilines is 3. The maximum atomic E-state index is 14.2. The van der Waals surface area contributed by atoms with Gasteiger partial charge < -0.3 is 26.3 Å². The van der Waals surface area contributed by atoms with Crippen LogP contribution in [0.2, 0.25) is 5.02 Å². The fourth-order valence-corrected chi connectivity index (χ4v) is 4.60. The number of hydrogen-bond acceptors (Lipinski definition) is 11. The van der Waals surface area contributed by atoms with Gasteiger partial charge in [-0.05, 0) is 13.0 Å². The Kier molecular flexibility index (Phi) is 9.55. The first-order chi connectivity index (χ1) is 20.1. The number of nitrogens with one attached hydrogen (secondary N) is 5. The molecular weight excluding hydrogens is 592 g/mol. The Morgan fingerprint density at radius 3 is 2.64 bits per heavy atom. The molecule has 0 radical (unpaired) electrons. The van der Waals surface area contributed by atoms with Crippen LogP contribution in [0.5, 0.6) is 0 Å². The van der Waals surface area contributed by atoms with Crippen molar-refractivity contribution >= 4 is 52.2 Å². The van der Waals surface area contributed by atoms with Gasteiger partial charge in [0.25, 0.3) is 17.7 Å². The van der Waals surface area contributed by atoms with Gasteiger partial charge in [0.05, 0.1) is 23.6 Å². The van der Waals surface area contributed by atoms with Crippen LogP contribution in [0.4, 0.5) is 26.2 Å². The standard InChI is InChI=1S/C25H24ClF2N11O2S/c1-3-25(27,28)14-6-20(32-9-15(14)26)39-23(41)18-10-33-24(42-18)13(2)38-22(40)16-7-19(36-11-34-16)30-4-5-31-21-17(8-29)35-12-37-21/h6-7,9-13,31H,3-5H2,1-2H3,(H,35,37)(H,38,40)(H,30,34,36)(H,32,39,41). The van der Waals surface area contributed by atoms with Crippen LogP contribution in [-0.4, -0.2) is 54.8 Å². The summed E-state index contributed by atoms with van der Waals surface area (Å²) in [6.07, 6.45) is 4.57. The quantitative estimate of drug-likeness (QED) is 0.143. The van der Waals surface area contributed by atoms with Gasteiger partial charge >= 0.3 is 0 Å². The number of aromatic nitrogens is 6. The van der Waals surface area contributed by atoms with Crippen LogP contribution < -0.4 is 21.3 Å². The average molecular weight is 616 g/mol. The van der Waals surface area contributed by atoms with Crippen LogP contribution in [0.3, 0.4) is 0 Å². The molecule has 1 atom stereocenters. The molecule has 0 aliphatic carbocycles. The number of halogens is 3. The lowest BCUT2D eigenvalue weighted by molar-refractivity contribution is -0.00821. The molecule has 5 N–H and O–H groups in total. The third-order valence-corrected chi connectivity index (χ3v) is 7.25. The number of alkyl halides is 2. The molecule has 0 saturated heterocycles. The highest BCUT2D eigenvalue weighted by molar-refractivity contribution is 7.13. The Hall–Kier alpha value is -4.75. The summed E-state index contributed by atoms with van der Waals surface area (Å²) in [4.78, 5) is 48.7. The first-order valence-electron chi connectivity index (χ1n) is 12.5. The van der Waals surface area contributed by atoms with Gasteiger partial charge in [0.15, 0.2) is 11.5 Å². The average Bonchev–Trinajstić information content (AvgIpc) is 3.66. The van der Waals surface area contributed by atoms with Crippen molar-refractivity contribution in [2.45, 2.75) is 32.2 Å². The van der Waals surface area contributed by atoms with Crippen molar-refractivity contribution in [3.63, 3.8) is 0 Å². The van der Waals surface area contributed by atoms with Gasteiger partial charge in [0, 0.05) is 37.3 Å². The molecule has 0 bridgehead atoms. The highest BCUT2D eigenvalue weighted by Gasteiger charge is 2.32. The number of carbonyl (C=O) groups is 2. The highest BCUT2D eigenvalue weighted by atomic mass is 35.5. The van der Waals surface area contributed by atoms with E-state index >= 15 is 0 Å². The fourth-order valence-electron chi connectivity index (χ4n) is 3.54. The summed E-state index contributed by atoms with van der Waals surface area (Å²) in [5, 5.41) is 20.5. The van der Waals surface area contributed by atoms with Gasteiger partial charge in [-0.1, -0.05) is 18.5 Å². The number of nitrogens with zero attached hydrogens (tertiary/aromatic N) is 6. The second-order valence-electron chi connectivity index (χ2n) is 8.70. The zero-order chi connectivity index (χ0) is 30.3. The minimum absolute atomic E-state index is 0.0826. The molecule has 4 aromatic rings. The predicted octanol–water partition coefficient (Wildman–Crippen LogP) is 4.35. The Morgan fingerprint density at radius 2 is 1.88 bits per heavy atom. The van der Waals surface area contributed by atoms with E-state index in [0.717, 1.165) is 23.6 Å². The summed E-state index contributed by atoms with van der Waals surface area (Å²) < 4.78 is 28.4. The van der Waals surface area contributed by atoms with Gasteiger partial charge in [-0.25, -0.2) is 33.7 Å². The van der Waals surface area contributed by atoms with Crippen LogP contribution >= 0.6 is 22.9 Å². The highest BCUT2D eigenvalue weighted by Crippen LogP contribution is 2.37. The third kappa shape index (κ3) is 7.30. The number of H-pyrrole nitrogens is 1. The van der Waals surface area contributed by atoms with Crippen molar-refractivity contribution in [2.24, 2.45) is 0 Å². The summed E-state index contributed by atoms with van der Waals surface area (Å²) in [6, 6.07) is 3.93.